The lowest BCUT2D eigenvalue weighted by Gasteiger charge is -2.51. The summed E-state index contributed by atoms with van der Waals surface area (Å²) in [5.41, 5.74) is 11.3. The largest absolute Gasteiger partial charge is 0.481 e. The van der Waals surface area contributed by atoms with E-state index in [1.165, 1.54) is 0 Å². The second kappa shape index (κ2) is 12.1. The molecule has 0 aromatic carbocycles. The molecule has 10 nitrogen and oxygen atoms in total. The van der Waals surface area contributed by atoms with Crippen LogP contribution >= 0.6 is 0 Å². The van der Waals surface area contributed by atoms with E-state index < -0.39 is 17.6 Å². The van der Waals surface area contributed by atoms with Gasteiger partial charge in [-0.25, -0.2) is 0 Å². The molecule has 0 radical (unpaired) electrons. The number of rotatable bonds is 9. The summed E-state index contributed by atoms with van der Waals surface area (Å²) in [5, 5.41) is 9.24. The van der Waals surface area contributed by atoms with Crippen LogP contribution < -0.4 is 11.5 Å². The molecule has 0 amide bonds. The summed E-state index contributed by atoms with van der Waals surface area (Å²) in [4.78, 5) is 33.4. The number of likely N-dealkylation sites (tertiary alicyclic amines) is 2. The third-order valence-corrected chi connectivity index (χ3v) is 7.42. The highest BCUT2D eigenvalue weighted by Gasteiger charge is 2.49. The van der Waals surface area contributed by atoms with Crippen LogP contribution in [0.4, 0.5) is 0 Å². The molecule has 0 saturated carbocycles. The molecule has 3 fully saturated rings. The lowest BCUT2D eigenvalue weighted by Crippen LogP contribution is -2.65. The molecule has 33 heavy (non-hydrogen) atoms. The fourth-order valence-electron chi connectivity index (χ4n) is 5.63. The minimum atomic E-state index is -1.05. The number of hydrogen-bond donors (Lipinski definition) is 3. The van der Waals surface area contributed by atoms with Crippen LogP contribution in [0.1, 0.15) is 57.8 Å². The second-order valence-corrected chi connectivity index (χ2v) is 9.51. The molecule has 3 aliphatic heterocycles. The van der Waals surface area contributed by atoms with Crippen molar-refractivity contribution in [3.63, 3.8) is 0 Å². The number of ketones is 1. The molecule has 188 valence electrons. The van der Waals surface area contributed by atoms with Gasteiger partial charge in [-0.3, -0.25) is 19.5 Å². The van der Waals surface area contributed by atoms with Crippen molar-refractivity contribution in [2.45, 2.75) is 81.5 Å². The maximum Gasteiger partial charge on any atom is 0.305 e. The number of carbonyl (C=O) groups excluding carboxylic acids is 1. The molecule has 2 unspecified atom stereocenters. The van der Waals surface area contributed by atoms with Crippen LogP contribution in [0.3, 0.4) is 0 Å². The number of aliphatic carboxylic acids is 1. The van der Waals surface area contributed by atoms with Gasteiger partial charge in [0, 0.05) is 39.4 Å². The SMILES string of the molecule is CN=C(N)N1CCC(OCC[C@]2(C(=O)C(N)CC(=O)O)CCCCN2C2CCCOC2)CC1. The minimum Gasteiger partial charge on any atom is -0.481 e. The first-order valence-corrected chi connectivity index (χ1v) is 12.3. The van der Waals surface area contributed by atoms with Crippen molar-refractivity contribution in [2.75, 3.05) is 46.5 Å². The van der Waals surface area contributed by atoms with E-state index in [4.69, 9.17) is 20.9 Å². The lowest BCUT2D eigenvalue weighted by atomic mass is 9.76. The van der Waals surface area contributed by atoms with E-state index in [0.29, 0.717) is 32.0 Å². The van der Waals surface area contributed by atoms with E-state index in [9.17, 15) is 14.7 Å². The molecule has 5 N–H and O–H groups in total. The van der Waals surface area contributed by atoms with E-state index in [-0.39, 0.29) is 24.3 Å². The number of nitrogens with zero attached hydrogens (tertiary/aromatic N) is 3. The standard InChI is InChI=1S/C23H41N5O5/c1-26-22(25)27-11-6-18(7-12-27)33-14-9-23(21(31)19(24)15-20(29)30)8-2-3-10-28(23)17-5-4-13-32-16-17/h17-19H,2-16,24H2,1H3,(H2,25,26)(H,29,30)/t17?,19?,23-/m0/s1. The first-order valence-electron chi connectivity index (χ1n) is 12.3. The molecule has 0 aliphatic carbocycles. The monoisotopic (exact) mass is 467 g/mol. The van der Waals surface area contributed by atoms with Crippen LogP contribution in [0.25, 0.3) is 0 Å². The van der Waals surface area contributed by atoms with Gasteiger partial charge in [0.05, 0.1) is 30.7 Å². The first-order chi connectivity index (χ1) is 15.9. The summed E-state index contributed by atoms with van der Waals surface area (Å²) >= 11 is 0. The van der Waals surface area contributed by atoms with E-state index >= 15 is 0 Å². The van der Waals surface area contributed by atoms with Crippen molar-refractivity contribution in [2.24, 2.45) is 16.5 Å². The van der Waals surface area contributed by atoms with E-state index in [2.05, 4.69) is 14.8 Å². The Morgan fingerprint density at radius 2 is 1.97 bits per heavy atom. The molecule has 0 bridgehead atoms. The highest BCUT2D eigenvalue weighted by molar-refractivity contribution is 5.95. The highest BCUT2D eigenvalue weighted by atomic mass is 16.5. The molecule has 0 aromatic heterocycles. The topological polar surface area (TPSA) is 144 Å². The number of ether oxygens (including phenoxy) is 2. The van der Waals surface area contributed by atoms with Crippen molar-refractivity contribution >= 4 is 17.7 Å². The van der Waals surface area contributed by atoms with Crippen LogP contribution in [-0.2, 0) is 19.1 Å². The smallest absolute Gasteiger partial charge is 0.305 e. The Bertz CT molecular complexity index is 691. The number of carboxylic acids is 1. The fraction of sp³-hybridized carbons (Fsp3) is 0.870. The van der Waals surface area contributed by atoms with Crippen molar-refractivity contribution in [1.29, 1.82) is 0 Å². The number of carboxylic acid groups (broad SMARTS) is 1. The predicted molar refractivity (Wildman–Crippen MR) is 125 cm³/mol. The van der Waals surface area contributed by atoms with Crippen LogP contribution in [-0.4, -0.2) is 103 Å². The molecule has 3 heterocycles. The Balaban J connectivity index is 1.69. The van der Waals surface area contributed by atoms with Crippen molar-refractivity contribution < 1.29 is 24.2 Å². The van der Waals surface area contributed by atoms with Crippen LogP contribution in [0.15, 0.2) is 4.99 Å². The summed E-state index contributed by atoms with van der Waals surface area (Å²) in [6, 6.07) is -0.869. The third kappa shape index (κ3) is 6.44. The van der Waals surface area contributed by atoms with Crippen LogP contribution in [0, 0.1) is 0 Å². The Kier molecular flexibility index (Phi) is 9.48. The lowest BCUT2D eigenvalue weighted by molar-refractivity contribution is -0.148. The van der Waals surface area contributed by atoms with Crippen molar-refractivity contribution in [3.05, 3.63) is 0 Å². The molecule has 0 aromatic rings. The molecule has 3 atom stereocenters. The molecular formula is C23H41N5O5. The number of guanidine groups is 1. The number of carbonyl (C=O) groups is 2. The molecule has 3 aliphatic rings. The average molecular weight is 468 g/mol. The number of piperidine rings is 2. The van der Waals surface area contributed by atoms with Crippen LogP contribution in [0.2, 0.25) is 0 Å². The molecular weight excluding hydrogens is 426 g/mol. The van der Waals surface area contributed by atoms with Crippen molar-refractivity contribution in [3.8, 4) is 0 Å². The van der Waals surface area contributed by atoms with Gasteiger partial charge in [0.2, 0.25) is 0 Å². The summed E-state index contributed by atoms with van der Waals surface area (Å²) in [7, 11) is 1.69. The summed E-state index contributed by atoms with van der Waals surface area (Å²) in [5.74, 6) is -0.661. The van der Waals surface area contributed by atoms with Gasteiger partial charge in [-0.1, -0.05) is 0 Å². The highest BCUT2D eigenvalue weighted by Crippen LogP contribution is 2.37. The predicted octanol–water partition coefficient (Wildman–Crippen LogP) is 0.577. The number of nitrogens with two attached hydrogens (primary N) is 2. The molecule has 10 heteroatoms. The van der Waals surface area contributed by atoms with Gasteiger partial charge in [-0.15, -0.1) is 0 Å². The zero-order valence-electron chi connectivity index (χ0n) is 19.9. The van der Waals surface area contributed by atoms with Gasteiger partial charge in [-0.2, -0.15) is 0 Å². The summed E-state index contributed by atoms with van der Waals surface area (Å²) in [6.45, 7) is 4.19. The van der Waals surface area contributed by atoms with Gasteiger partial charge in [0.1, 0.15) is 0 Å². The zero-order valence-corrected chi connectivity index (χ0v) is 19.9. The minimum absolute atomic E-state index is 0.112. The van der Waals surface area contributed by atoms with E-state index in [0.717, 1.165) is 64.8 Å². The normalized spacial score (nSPS) is 29.1. The number of hydrogen-bond acceptors (Lipinski definition) is 7. The van der Waals surface area contributed by atoms with Gasteiger partial charge in [0.15, 0.2) is 11.7 Å². The third-order valence-electron chi connectivity index (χ3n) is 7.42. The number of Topliss-reactive ketones (excluding diaryl/α,β-unsaturated/α-hetero) is 1. The second-order valence-electron chi connectivity index (χ2n) is 9.51. The van der Waals surface area contributed by atoms with Gasteiger partial charge in [0.25, 0.3) is 0 Å². The van der Waals surface area contributed by atoms with Gasteiger partial charge < -0.3 is 30.9 Å². The fourth-order valence-corrected chi connectivity index (χ4v) is 5.63. The number of aliphatic imine (C=N–C) groups is 1. The quantitative estimate of drug-likeness (QED) is 0.327. The Morgan fingerprint density at radius 1 is 1.21 bits per heavy atom. The Morgan fingerprint density at radius 3 is 2.61 bits per heavy atom. The summed E-state index contributed by atoms with van der Waals surface area (Å²) in [6.07, 6.45) is 6.55. The van der Waals surface area contributed by atoms with Gasteiger partial charge in [-0.05, 0) is 57.9 Å². The Hall–Kier alpha value is -1.75. The molecule has 3 saturated heterocycles. The maximum absolute atomic E-state index is 13.7. The molecule has 3 rings (SSSR count). The van der Waals surface area contributed by atoms with Gasteiger partial charge >= 0.3 is 5.97 Å². The molecule has 0 spiro atoms. The maximum atomic E-state index is 13.7. The van der Waals surface area contributed by atoms with Crippen LogP contribution in [0.5, 0.6) is 0 Å². The zero-order chi connectivity index (χ0) is 23.8. The van der Waals surface area contributed by atoms with E-state index in [1.54, 1.807) is 7.05 Å². The Labute approximate surface area is 196 Å². The summed E-state index contributed by atoms with van der Waals surface area (Å²) < 4.78 is 12.0. The van der Waals surface area contributed by atoms with Crippen molar-refractivity contribution in [1.82, 2.24) is 9.80 Å². The average Bonchev–Trinajstić information content (AvgIpc) is 2.83. The first kappa shape index (κ1) is 25.9. The van der Waals surface area contributed by atoms with E-state index in [1.807, 2.05) is 0 Å².